The molecule has 1 aromatic heterocycles. The molecule has 1 heterocycles. The average Bonchev–Trinajstić information content (AvgIpc) is 2.27. The van der Waals surface area contributed by atoms with Crippen LogP contribution in [0.15, 0.2) is 41.5 Å². The molecule has 0 saturated heterocycles. The van der Waals surface area contributed by atoms with Crippen molar-refractivity contribution in [2.24, 2.45) is 4.99 Å². The lowest BCUT2D eigenvalue weighted by Gasteiger charge is -2.03. The average molecular weight is 259 g/mol. The van der Waals surface area contributed by atoms with Crippen LogP contribution in [0.3, 0.4) is 0 Å². The summed E-state index contributed by atoms with van der Waals surface area (Å²) in [4.78, 5) is 7.32. The Balaban J connectivity index is 2.44. The molecule has 0 aliphatic heterocycles. The topological polar surface area (TPSA) is 25.2 Å². The minimum atomic E-state index is -4.62. The molecule has 0 N–H and O–H groups in total. The van der Waals surface area contributed by atoms with Crippen LogP contribution in [-0.4, -0.2) is 16.3 Å². The van der Waals surface area contributed by atoms with Gasteiger partial charge in [0.1, 0.15) is 0 Å². The summed E-state index contributed by atoms with van der Waals surface area (Å²) in [5.74, 6) is 0. The van der Waals surface area contributed by atoms with Crippen LogP contribution in [0.25, 0.3) is 10.9 Å². The van der Waals surface area contributed by atoms with Crippen LogP contribution in [-0.2, 0) is 0 Å². The maximum Gasteiger partial charge on any atom is 0.444 e. The van der Waals surface area contributed by atoms with Gasteiger partial charge >= 0.3 is 6.18 Å². The Morgan fingerprint density at radius 1 is 1.24 bits per heavy atom. The Hall–Kier alpha value is -1.62. The zero-order valence-electron chi connectivity index (χ0n) is 8.37. The van der Waals surface area contributed by atoms with Gasteiger partial charge in [0.05, 0.1) is 11.2 Å². The highest BCUT2D eigenvalue weighted by Crippen LogP contribution is 2.25. The lowest BCUT2D eigenvalue weighted by molar-refractivity contribution is -0.0558. The van der Waals surface area contributed by atoms with Crippen LogP contribution >= 0.6 is 11.6 Å². The van der Waals surface area contributed by atoms with Gasteiger partial charge in [-0.3, -0.25) is 4.98 Å². The number of rotatable bonds is 1. The van der Waals surface area contributed by atoms with Crippen molar-refractivity contribution in [1.29, 1.82) is 0 Å². The van der Waals surface area contributed by atoms with Gasteiger partial charge < -0.3 is 0 Å². The summed E-state index contributed by atoms with van der Waals surface area (Å²) < 4.78 is 36.5. The number of benzene rings is 1. The number of aromatic nitrogens is 1. The van der Waals surface area contributed by atoms with Gasteiger partial charge in [0.25, 0.3) is 0 Å². The molecule has 0 radical (unpaired) electrons. The summed E-state index contributed by atoms with van der Waals surface area (Å²) in [7, 11) is 0. The normalized spacial score (nSPS) is 13.1. The molecule has 0 amide bonds. The highest BCUT2D eigenvalue weighted by atomic mass is 35.5. The standard InChI is InChI=1S/C11H6ClF3N2/c12-10(11(13,14)15)17-8-4-3-7-2-1-5-16-9(7)6-8/h1-6H. The van der Waals surface area contributed by atoms with Gasteiger partial charge in [-0.05, 0) is 18.2 Å². The maximum atomic E-state index is 12.2. The summed E-state index contributed by atoms with van der Waals surface area (Å²) >= 11 is 5.05. The van der Waals surface area contributed by atoms with Gasteiger partial charge in [0.2, 0.25) is 5.17 Å². The Labute approximate surface area is 99.8 Å². The molecule has 1 aromatic carbocycles. The number of nitrogens with zero attached hydrogens (tertiary/aromatic N) is 2. The van der Waals surface area contributed by atoms with Crippen LogP contribution in [0.5, 0.6) is 0 Å². The lowest BCUT2D eigenvalue weighted by atomic mass is 10.2. The molecule has 17 heavy (non-hydrogen) atoms. The summed E-state index contributed by atoms with van der Waals surface area (Å²) in [6.07, 6.45) is -3.07. The third-order valence-electron chi connectivity index (χ3n) is 2.05. The first kappa shape index (κ1) is 11.9. The first-order valence-electron chi connectivity index (χ1n) is 4.63. The van der Waals surface area contributed by atoms with Crippen LogP contribution < -0.4 is 0 Å². The first-order valence-corrected chi connectivity index (χ1v) is 5.01. The van der Waals surface area contributed by atoms with Crippen molar-refractivity contribution in [2.75, 3.05) is 0 Å². The Morgan fingerprint density at radius 2 is 2.00 bits per heavy atom. The van der Waals surface area contributed by atoms with Crippen molar-refractivity contribution in [3.05, 3.63) is 36.5 Å². The lowest BCUT2D eigenvalue weighted by Crippen LogP contribution is -2.16. The smallest absolute Gasteiger partial charge is 0.256 e. The third kappa shape index (κ3) is 2.74. The Morgan fingerprint density at radius 3 is 2.71 bits per heavy atom. The van der Waals surface area contributed by atoms with Crippen LogP contribution in [0.1, 0.15) is 0 Å². The predicted octanol–water partition coefficient (Wildman–Crippen LogP) is 4.07. The van der Waals surface area contributed by atoms with Crippen LogP contribution in [0.2, 0.25) is 0 Å². The second kappa shape index (κ2) is 4.33. The monoisotopic (exact) mass is 258 g/mol. The molecule has 2 rings (SSSR count). The molecule has 0 spiro atoms. The van der Waals surface area contributed by atoms with E-state index >= 15 is 0 Å². The third-order valence-corrected chi connectivity index (χ3v) is 2.35. The number of aliphatic imine (C=N–C) groups is 1. The predicted molar refractivity (Wildman–Crippen MR) is 60.7 cm³/mol. The fourth-order valence-corrected chi connectivity index (χ4v) is 1.40. The number of alkyl halides is 3. The maximum absolute atomic E-state index is 12.2. The van der Waals surface area contributed by atoms with E-state index in [9.17, 15) is 13.2 Å². The second-order valence-electron chi connectivity index (χ2n) is 3.28. The minimum Gasteiger partial charge on any atom is -0.256 e. The van der Waals surface area contributed by atoms with E-state index in [2.05, 4.69) is 9.98 Å². The molecule has 0 unspecified atom stereocenters. The zero-order valence-corrected chi connectivity index (χ0v) is 9.13. The van der Waals surface area contributed by atoms with E-state index < -0.39 is 11.3 Å². The molecular formula is C11H6ClF3N2. The Kier molecular flexibility index (Phi) is 3.02. The molecule has 0 bridgehead atoms. The summed E-state index contributed by atoms with van der Waals surface area (Å²) in [5, 5.41) is -0.567. The fraction of sp³-hybridized carbons (Fsp3) is 0.0909. The summed E-state index contributed by atoms with van der Waals surface area (Å²) in [6.45, 7) is 0. The SMILES string of the molecule is FC(F)(F)C(Cl)=Nc1ccc2cccnc2c1. The van der Waals surface area contributed by atoms with Gasteiger partial charge in [-0.15, -0.1) is 0 Å². The van der Waals surface area contributed by atoms with E-state index in [1.807, 2.05) is 0 Å². The van der Waals surface area contributed by atoms with Crippen molar-refractivity contribution < 1.29 is 13.2 Å². The van der Waals surface area contributed by atoms with E-state index in [1.54, 1.807) is 24.4 Å². The van der Waals surface area contributed by atoms with Crippen molar-refractivity contribution in [3.63, 3.8) is 0 Å². The molecule has 88 valence electrons. The summed E-state index contributed by atoms with van der Waals surface area (Å²) in [5.41, 5.74) is 0.693. The number of pyridine rings is 1. The molecule has 0 saturated carbocycles. The van der Waals surface area contributed by atoms with E-state index in [4.69, 9.17) is 11.6 Å². The van der Waals surface area contributed by atoms with Crippen LogP contribution in [0, 0.1) is 0 Å². The minimum absolute atomic E-state index is 0.124. The second-order valence-corrected chi connectivity index (χ2v) is 3.64. The molecule has 6 heteroatoms. The summed E-state index contributed by atoms with van der Waals surface area (Å²) in [6, 6.07) is 8.10. The number of fused-ring (bicyclic) bond motifs is 1. The molecule has 0 aliphatic rings. The molecule has 0 aliphatic carbocycles. The van der Waals surface area contributed by atoms with Crippen molar-refractivity contribution in [2.45, 2.75) is 6.18 Å². The molecule has 0 atom stereocenters. The number of hydrogen-bond donors (Lipinski definition) is 0. The van der Waals surface area contributed by atoms with Crippen LogP contribution in [0.4, 0.5) is 18.9 Å². The van der Waals surface area contributed by atoms with Crippen molar-refractivity contribution >= 4 is 33.4 Å². The highest BCUT2D eigenvalue weighted by molar-refractivity contribution is 6.67. The quantitative estimate of drug-likeness (QED) is 0.708. The largest absolute Gasteiger partial charge is 0.444 e. The van der Waals surface area contributed by atoms with Gasteiger partial charge in [-0.25, -0.2) is 4.99 Å². The van der Waals surface area contributed by atoms with Gasteiger partial charge in [-0.1, -0.05) is 23.7 Å². The number of hydrogen-bond acceptors (Lipinski definition) is 2. The first-order chi connectivity index (χ1) is 7.97. The zero-order chi connectivity index (χ0) is 12.5. The van der Waals surface area contributed by atoms with E-state index in [-0.39, 0.29) is 5.69 Å². The van der Waals surface area contributed by atoms with Crippen molar-refractivity contribution in [3.8, 4) is 0 Å². The van der Waals surface area contributed by atoms with E-state index in [0.717, 1.165) is 5.39 Å². The van der Waals surface area contributed by atoms with E-state index in [1.165, 1.54) is 12.1 Å². The van der Waals surface area contributed by atoms with E-state index in [0.29, 0.717) is 5.52 Å². The fourth-order valence-electron chi connectivity index (χ4n) is 1.30. The highest BCUT2D eigenvalue weighted by Gasteiger charge is 2.34. The molecule has 2 nitrogen and oxygen atoms in total. The van der Waals surface area contributed by atoms with Gasteiger partial charge in [-0.2, -0.15) is 13.2 Å². The van der Waals surface area contributed by atoms with Gasteiger partial charge in [0, 0.05) is 11.6 Å². The number of halogens is 4. The molecule has 0 fully saturated rings. The molecule has 2 aromatic rings. The van der Waals surface area contributed by atoms with Gasteiger partial charge in [0.15, 0.2) is 0 Å². The van der Waals surface area contributed by atoms with Crippen molar-refractivity contribution in [1.82, 2.24) is 4.98 Å². The molecular weight excluding hydrogens is 253 g/mol. The Bertz CT molecular complexity index is 578.